The van der Waals surface area contributed by atoms with Crippen molar-refractivity contribution >= 4 is 38.4 Å². The minimum Gasteiger partial charge on any atom is -0.451 e. The van der Waals surface area contributed by atoms with Crippen molar-refractivity contribution in [1.29, 1.82) is 0 Å². The molecule has 26 heavy (non-hydrogen) atoms. The lowest BCUT2D eigenvalue weighted by Gasteiger charge is -2.00. The summed E-state index contributed by atoms with van der Waals surface area (Å²) in [4.78, 5) is 17.5. The minimum atomic E-state index is -0.408. The second kappa shape index (κ2) is 6.66. The molecule has 4 rings (SSSR count). The van der Waals surface area contributed by atoms with Crippen LogP contribution in [0.4, 0.5) is 0 Å². The smallest absolute Gasteiger partial charge is 0.315 e. The molecule has 0 fully saturated rings. The average Bonchev–Trinajstić information content (AvgIpc) is 3.23. The number of rotatable bonds is 3. The van der Waals surface area contributed by atoms with Gasteiger partial charge in [-0.2, -0.15) is 4.99 Å². The van der Waals surface area contributed by atoms with E-state index in [2.05, 4.69) is 30.0 Å². The first-order chi connectivity index (χ1) is 12.7. The molecule has 5 heteroatoms. The zero-order valence-electron chi connectivity index (χ0n) is 14.2. The Bertz CT molecular complexity index is 1200. The summed E-state index contributed by atoms with van der Waals surface area (Å²) in [6, 6.07) is 15.5. The van der Waals surface area contributed by atoms with Crippen molar-refractivity contribution in [2.45, 2.75) is 19.9 Å². The van der Waals surface area contributed by atoms with Crippen LogP contribution in [0.15, 0.2) is 57.9 Å². The molecule has 2 heterocycles. The number of carbonyl (C=O) groups is 1. The van der Waals surface area contributed by atoms with E-state index in [9.17, 15) is 4.79 Å². The summed E-state index contributed by atoms with van der Waals surface area (Å²) in [5.41, 5.74) is 2.90. The van der Waals surface area contributed by atoms with Gasteiger partial charge in [-0.1, -0.05) is 48.4 Å². The zero-order valence-corrected chi connectivity index (χ0v) is 15.0. The van der Waals surface area contributed by atoms with E-state index in [1.807, 2.05) is 34.9 Å². The molecule has 0 aliphatic heterocycles. The number of benzene rings is 2. The SMILES string of the molecule is C#CCn1c(=NC(=O)c2cc3ccccc3o2)sc2cc(CC)ccc21. The number of aromatic nitrogens is 1. The van der Waals surface area contributed by atoms with Crippen LogP contribution < -0.4 is 4.80 Å². The lowest BCUT2D eigenvalue weighted by atomic mass is 10.2. The molecule has 2 aromatic carbocycles. The van der Waals surface area contributed by atoms with Crippen molar-refractivity contribution in [3.63, 3.8) is 0 Å². The predicted molar refractivity (Wildman–Crippen MR) is 104 cm³/mol. The van der Waals surface area contributed by atoms with Gasteiger partial charge in [0, 0.05) is 5.39 Å². The lowest BCUT2D eigenvalue weighted by molar-refractivity contribution is 0.0973. The molecule has 0 saturated carbocycles. The van der Waals surface area contributed by atoms with Crippen LogP contribution in [0, 0.1) is 12.3 Å². The fourth-order valence-corrected chi connectivity index (χ4v) is 3.99. The standard InChI is InChI=1S/C21H16N2O2S/c1-3-11-23-16-10-9-14(4-2)12-19(16)26-21(23)22-20(24)18-13-15-7-5-6-8-17(15)25-18/h1,5-10,12-13H,4,11H2,2H3. The van der Waals surface area contributed by atoms with Crippen molar-refractivity contribution in [1.82, 2.24) is 4.57 Å². The molecule has 0 N–H and O–H groups in total. The number of nitrogens with zero attached hydrogens (tertiary/aromatic N) is 2. The molecule has 0 bridgehead atoms. The number of hydrogen-bond donors (Lipinski definition) is 0. The lowest BCUT2D eigenvalue weighted by Crippen LogP contribution is -2.16. The zero-order chi connectivity index (χ0) is 18.1. The first kappa shape index (κ1) is 16.4. The quantitative estimate of drug-likeness (QED) is 0.509. The summed E-state index contributed by atoms with van der Waals surface area (Å²) in [6.45, 7) is 2.47. The van der Waals surface area contributed by atoms with E-state index < -0.39 is 5.91 Å². The Morgan fingerprint density at radius 1 is 1.27 bits per heavy atom. The van der Waals surface area contributed by atoms with Gasteiger partial charge in [-0.25, -0.2) is 0 Å². The number of para-hydroxylation sites is 1. The molecule has 0 atom stereocenters. The Labute approximate surface area is 154 Å². The van der Waals surface area contributed by atoms with Crippen LogP contribution in [0.2, 0.25) is 0 Å². The molecule has 4 nitrogen and oxygen atoms in total. The van der Waals surface area contributed by atoms with Gasteiger partial charge < -0.3 is 8.98 Å². The van der Waals surface area contributed by atoms with Crippen LogP contribution in [-0.4, -0.2) is 10.5 Å². The second-order valence-corrected chi connectivity index (χ2v) is 6.91. The Morgan fingerprint density at radius 2 is 2.12 bits per heavy atom. The summed E-state index contributed by atoms with van der Waals surface area (Å²) >= 11 is 1.46. The monoisotopic (exact) mass is 360 g/mol. The van der Waals surface area contributed by atoms with E-state index in [0.29, 0.717) is 16.9 Å². The van der Waals surface area contributed by atoms with Gasteiger partial charge in [-0.3, -0.25) is 4.79 Å². The minimum absolute atomic E-state index is 0.227. The number of terminal acetylenes is 1. The average molecular weight is 360 g/mol. The van der Waals surface area contributed by atoms with Gasteiger partial charge in [0.1, 0.15) is 5.58 Å². The molecule has 0 radical (unpaired) electrons. The third kappa shape index (κ3) is 2.85. The number of furan rings is 1. The predicted octanol–water partition coefficient (Wildman–Crippen LogP) is 4.39. The molecule has 4 aromatic rings. The highest BCUT2D eigenvalue weighted by Crippen LogP contribution is 2.21. The van der Waals surface area contributed by atoms with E-state index in [1.165, 1.54) is 16.9 Å². The van der Waals surface area contributed by atoms with Gasteiger partial charge in [0.15, 0.2) is 10.6 Å². The van der Waals surface area contributed by atoms with Crippen LogP contribution >= 0.6 is 11.3 Å². The van der Waals surface area contributed by atoms with Crippen molar-refractivity contribution in [3.05, 3.63) is 64.7 Å². The van der Waals surface area contributed by atoms with E-state index >= 15 is 0 Å². The summed E-state index contributed by atoms with van der Waals surface area (Å²) in [7, 11) is 0. The molecule has 0 spiro atoms. The Morgan fingerprint density at radius 3 is 2.88 bits per heavy atom. The molecule has 0 aliphatic rings. The van der Waals surface area contributed by atoms with Crippen molar-refractivity contribution in [3.8, 4) is 12.3 Å². The number of hydrogen-bond acceptors (Lipinski definition) is 3. The van der Waals surface area contributed by atoms with E-state index in [0.717, 1.165) is 22.0 Å². The summed E-state index contributed by atoms with van der Waals surface area (Å²) < 4.78 is 8.58. The van der Waals surface area contributed by atoms with E-state index in [1.54, 1.807) is 6.07 Å². The highest BCUT2D eigenvalue weighted by Gasteiger charge is 2.13. The highest BCUT2D eigenvalue weighted by molar-refractivity contribution is 7.16. The molecular formula is C21H16N2O2S. The van der Waals surface area contributed by atoms with Gasteiger partial charge in [-0.05, 0) is 36.2 Å². The Kier molecular flexibility index (Phi) is 4.19. The number of amides is 1. The number of carbonyl (C=O) groups excluding carboxylic acids is 1. The third-order valence-electron chi connectivity index (χ3n) is 4.24. The van der Waals surface area contributed by atoms with Crippen molar-refractivity contribution in [2.75, 3.05) is 0 Å². The number of fused-ring (bicyclic) bond motifs is 2. The van der Waals surface area contributed by atoms with Gasteiger partial charge in [0.05, 0.1) is 16.8 Å². The van der Waals surface area contributed by atoms with Gasteiger partial charge in [-0.15, -0.1) is 6.42 Å². The van der Waals surface area contributed by atoms with Crippen LogP contribution in [0.25, 0.3) is 21.2 Å². The third-order valence-corrected chi connectivity index (χ3v) is 5.28. The highest BCUT2D eigenvalue weighted by atomic mass is 32.1. The molecule has 0 aliphatic carbocycles. The molecule has 128 valence electrons. The molecule has 0 saturated heterocycles. The van der Waals surface area contributed by atoms with Gasteiger partial charge in [0.25, 0.3) is 0 Å². The van der Waals surface area contributed by atoms with Crippen LogP contribution in [0.5, 0.6) is 0 Å². The first-order valence-electron chi connectivity index (χ1n) is 8.33. The maximum Gasteiger partial charge on any atom is 0.315 e. The number of aryl methyl sites for hydroxylation is 1. The van der Waals surface area contributed by atoms with Gasteiger partial charge >= 0.3 is 5.91 Å². The Balaban J connectivity index is 1.84. The van der Waals surface area contributed by atoms with Crippen molar-refractivity contribution < 1.29 is 9.21 Å². The summed E-state index contributed by atoms with van der Waals surface area (Å²) in [5, 5.41) is 0.881. The topological polar surface area (TPSA) is 47.5 Å². The maximum absolute atomic E-state index is 12.6. The van der Waals surface area contributed by atoms with Crippen molar-refractivity contribution in [2.24, 2.45) is 4.99 Å². The number of thiazole rings is 1. The molecule has 1 amide bonds. The van der Waals surface area contributed by atoms with Crippen LogP contribution in [0.3, 0.4) is 0 Å². The fourth-order valence-electron chi connectivity index (χ4n) is 2.90. The van der Waals surface area contributed by atoms with E-state index in [4.69, 9.17) is 10.8 Å². The normalized spacial score (nSPS) is 11.9. The Hall–Kier alpha value is -3.10. The van der Waals surface area contributed by atoms with E-state index in [-0.39, 0.29) is 5.76 Å². The first-order valence-corrected chi connectivity index (χ1v) is 9.14. The molecule has 0 unspecified atom stereocenters. The molecule has 2 aromatic heterocycles. The summed E-state index contributed by atoms with van der Waals surface area (Å²) in [5.74, 6) is 2.46. The molecular weight excluding hydrogens is 344 g/mol. The van der Waals surface area contributed by atoms with Crippen LogP contribution in [-0.2, 0) is 13.0 Å². The largest absolute Gasteiger partial charge is 0.451 e. The van der Waals surface area contributed by atoms with Gasteiger partial charge in [0.2, 0.25) is 0 Å². The van der Waals surface area contributed by atoms with Crippen LogP contribution in [0.1, 0.15) is 23.0 Å². The maximum atomic E-state index is 12.6. The summed E-state index contributed by atoms with van der Waals surface area (Å²) in [6.07, 6.45) is 6.47. The second-order valence-electron chi connectivity index (χ2n) is 5.90. The fraction of sp³-hybridized carbons (Fsp3) is 0.143.